The Balaban J connectivity index is 2.51. The number of hydrogen-bond donors (Lipinski definition) is 1. The molecule has 0 fully saturated rings. The van der Waals surface area contributed by atoms with Gasteiger partial charge < -0.3 is 5.11 Å². The van der Waals surface area contributed by atoms with E-state index in [1.165, 1.54) is 12.1 Å². The van der Waals surface area contributed by atoms with Crippen molar-refractivity contribution in [2.45, 2.75) is 39.2 Å². The van der Waals surface area contributed by atoms with Crippen molar-refractivity contribution in [1.29, 1.82) is 0 Å². The quantitative estimate of drug-likeness (QED) is 0.835. The normalized spacial score (nSPS) is 13.1. The third-order valence-corrected chi connectivity index (χ3v) is 2.73. The Morgan fingerprint density at radius 3 is 2.69 bits per heavy atom. The Bertz CT molecular complexity index is 339. The van der Waals surface area contributed by atoms with Gasteiger partial charge in [-0.25, -0.2) is 4.39 Å². The summed E-state index contributed by atoms with van der Waals surface area (Å²) >= 11 is 5.79. The van der Waals surface area contributed by atoms with Crippen molar-refractivity contribution in [3.8, 4) is 0 Å². The summed E-state index contributed by atoms with van der Waals surface area (Å²) in [5, 5.41) is 10.2. The molecule has 0 saturated heterocycles. The van der Waals surface area contributed by atoms with Crippen LogP contribution in [0.2, 0.25) is 5.02 Å². The van der Waals surface area contributed by atoms with Crippen LogP contribution in [0, 0.1) is 11.7 Å². The van der Waals surface area contributed by atoms with Crippen molar-refractivity contribution < 1.29 is 9.50 Å². The molecule has 1 atom stereocenters. The van der Waals surface area contributed by atoms with Crippen LogP contribution < -0.4 is 0 Å². The molecule has 0 saturated carbocycles. The minimum absolute atomic E-state index is 0.249. The summed E-state index contributed by atoms with van der Waals surface area (Å²) in [7, 11) is 0. The summed E-state index contributed by atoms with van der Waals surface area (Å²) in [6, 6.07) is 4.52. The second kappa shape index (κ2) is 6.21. The van der Waals surface area contributed by atoms with Gasteiger partial charge in [0.05, 0.1) is 6.10 Å². The Morgan fingerprint density at radius 2 is 2.06 bits per heavy atom. The number of halogens is 2. The molecule has 0 amide bonds. The van der Waals surface area contributed by atoms with Gasteiger partial charge in [-0.3, -0.25) is 0 Å². The monoisotopic (exact) mass is 244 g/mol. The third kappa shape index (κ3) is 4.50. The molecule has 1 unspecified atom stereocenters. The molecule has 90 valence electrons. The maximum Gasteiger partial charge on any atom is 0.126 e. The summed E-state index contributed by atoms with van der Waals surface area (Å²) < 4.78 is 13.3. The van der Waals surface area contributed by atoms with Crippen molar-refractivity contribution >= 4 is 11.6 Å². The predicted octanol–water partition coefficient (Wildman–Crippen LogP) is 3.82. The van der Waals surface area contributed by atoms with E-state index >= 15 is 0 Å². The predicted molar refractivity (Wildman–Crippen MR) is 65.2 cm³/mol. The lowest BCUT2D eigenvalue weighted by Crippen LogP contribution is -2.11. The van der Waals surface area contributed by atoms with Gasteiger partial charge in [0.15, 0.2) is 0 Å². The smallest absolute Gasteiger partial charge is 0.126 e. The van der Waals surface area contributed by atoms with Crippen molar-refractivity contribution in [3.63, 3.8) is 0 Å². The van der Waals surface area contributed by atoms with E-state index in [0.717, 1.165) is 6.42 Å². The van der Waals surface area contributed by atoms with Gasteiger partial charge in [-0.15, -0.1) is 0 Å². The molecule has 0 heterocycles. The third-order valence-electron chi connectivity index (χ3n) is 2.50. The SMILES string of the molecule is CC(C)CC(O)CCc1cc(Cl)ccc1F. The fraction of sp³-hybridized carbons (Fsp3) is 0.538. The number of aliphatic hydroxyl groups is 1. The van der Waals surface area contributed by atoms with Crippen LogP contribution in [0.4, 0.5) is 4.39 Å². The summed E-state index contributed by atoms with van der Waals surface area (Å²) in [6.45, 7) is 4.12. The highest BCUT2D eigenvalue weighted by atomic mass is 35.5. The first-order valence-corrected chi connectivity index (χ1v) is 5.99. The molecule has 0 bridgehead atoms. The van der Waals surface area contributed by atoms with Crippen LogP contribution in [0.5, 0.6) is 0 Å². The van der Waals surface area contributed by atoms with Crippen LogP contribution in [0.25, 0.3) is 0 Å². The van der Waals surface area contributed by atoms with Gasteiger partial charge in [-0.05, 0) is 48.9 Å². The van der Waals surface area contributed by atoms with E-state index < -0.39 is 0 Å². The molecule has 0 aliphatic rings. The average Bonchev–Trinajstić information content (AvgIpc) is 2.18. The Morgan fingerprint density at radius 1 is 1.38 bits per heavy atom. The van der Waals surface area contributed by atoms with Gasteiger partial charge in [0.25, 0.3) is 0 Å². The summed E-state index contributed by atoms with van der Waals surface area (Å²) in [5.74, 6) is 0.209. The van der Waals surface area contributed by atoms with Gasteiger partial charge in [-0.2, -0.15) is 0 Å². The van der Waals surface area contributed by atoms with Gasteiger partial charge in [0.1, 0.15) is 5.82 Å². The Kier molecular flexibility index (Phi) is 5.23. The zero-order valence-corrected chi connectivity index (χ0v) is 10.5. The van der Waals surface area contributed by atoms with Crippen LogP contribution in [0.15, 0.2) is 18.2 Å². The number of benzene rings is 1. The zero-order chi connectivity index (χ0) is 12.1. The minimum atomic E-state index is -0.363. The van der Waals surface area contributed by atoms with E-state index in [0.29, 0.717) is 29.3 Å². The Hall–Kier alpha value is -0.600. The molecule has 1 nitrogen and oxygen atoms in total. The molecule has 0 aliphatic heterocycles. The fourth-order valence-electron chi connectivity index (χ4n) is 1.72. The van der Waals surface area contributed by atoms with Crippen molar-refractivity contribution in [1.82, 2.24) is 0 Å². The Labute approximate surface area is 101 Å². The number of aryl methyl sites for hydroxylation is 1. The number of rotatable bonds is 5. The van der Waals surface area contributed by atoms with Gasteiger partial charge in [-0.1, -0.05) is 25.4 Å². The van der Waals surface area contributed by atoms with Crippen molar-refractivity contribution in [2.24, 2.45) is 5.92 Å². The number of aliphatic hydroxyl groups excluding tert-OH is 1. The molecule has 0 radical (unpaired) electrons. The standard InChI is InChI=1S/C13H18ClFO/c1-9(2)7-12(16)5-3-10-8-11(14)4-6-13(10)15/h4,6,8-9,12,16H,3,5,7H2,1-2H3. The molecule has 16 heavy (non-hydrogen) atoms. The molecule has 0 aromatic heterocycles. The summed E-state index contributed by atoms with van der Waals surface area (Å²) in [5.41, 5.74) is 0.579. The van der Waals surface area contributed by atoms with E-state index in [9.17, 15) is 9.50 Å². The highest BCUT2D eigenvalue weighted by Gasteiger charge is 2.09. The van der Waals surface area contributed by atoms with E-state index in [2.05, 4.69) is 13.8 Å². The second-order valence-corrected chi connectivity index (χ2v) is 4.99. The molecule has 0 spiro atoms. The lowest BCUT2D eigenvalue weighted by atomic mass is 9.99. The molecule has 3 heteroatoms. The maximum absolute atomic E-state index is 13.3. The first-order valence-electron chi connectivity index (χ1n) is 5.61. The largest absolute Gasteiger partial charge is 0.393 e. The van der Waals surface area contributed by atoms with Gasteiger partial charge >= 0.3 is 0 Å². The van der Waals surface area contributed by atoms with E-state index in [4.69, 9.17) is 11.6 Å². The zero-order valence-electron chi connectivity index (χ0n) is 9.71. The van der Waals surface area contributed by atoms with Crippen LogP contribution >= 0.6 is 11.6 Å². The molecule has 1 rings (SSSR count). The van der Waals surface area contributed by atoms with Crippen molar-refractivity contribution in [2.75, 3.05) is 0 Å². The van der Waals surface area contributed by atoms with E-state index in [1.54, 1.807) is 6.07 Å². The highest BCUT2D eigenvalue weighted by Crippen LogP contribution is 2.18. The summed E-state index contributed by atoms with van der Waals surface area (Å²) in [6.07, 6.45) is 1.50. The molecule has 1 aromatic carbocycles. The van der Waals surface area contributed by atoms with Gasteiger partial charge in [0, 0.05) is 5.02 Å². The molecular weight excluding hydrogens is 227 g/mol. The van der Waals surface area contributed by atoms with E-state index in [1.807, 2.05) is 0 Å². The lowest BCUT2D eigenvalue weighted by molar-refractivity contribution is 0.139. The van der Waals surface area contributed by atoms with Crippen LogP contribution in [0.3, 0.4) is 0 Å². The van der Waals surface area contributed by atoms with Gasteiger partial charge in [0.2, 0.25) is 0 Å². The van der Waals surface area contributed by atoms with E-state index in [-0.39, 0.29) is 11.9 Å². The average molecular weight is 245 g/mol. The lowest BCUT2D eigenvalue weighted by Gasteiger charge is -2.13. The molecule has 1 aromatic rings. The van der Waals surface area contributed by atoms with Crippen LogP contribution in [-0.4, -0.2) is 11.2 Å². The first kappa shape index (κ1) is 13.5. The topological polar surface area (TPSA) is 20.2 Å². The fourth-order valence-corrected chi connectivity index (χ4v) is 1.91. The highest BCUT2D eigenvalue weighted by molar-refractivity contribution is 6.30. The first-order chi connectivity index (χ1) is 7.49. The number of hydrogen-bond acceptors (Lipinski definition) is 1. The maximum atomic E-state index is 13.3. The van der Waals surface area contributed by atoms with Crippen LogP contribution in [-0.2, 0) is 6.42 Å². The second-order valence-electron chi connectivity index (χ2n) is 4.56. The van der Waals surface area contributed by atoms with Crippen molar-refractivity contribution in [3.05, 3.63) is 34.6 Å². The summed E-state index contributed by atoms with van der Waals surface area (Å²) in [4.78, 5) is 0. The molecule has 0 aliphatic carbocycles. The van der Waals surface area contributed by atoms with Crippen LogP contribution in [0.1, 0.15) is 32.3 Å². The minimum Gasteiger partial charge on any atom is -0.393 e. The molecule has 1 N–H and O–H groups in total. The molecular formula is C13H18ClFO.